The third-order valence-electron chi connectivity index (χ3n) is 3.74. The number of benzene rings is 2. The van der Waals surface area contributed by atoms with Crippen molar-refractivity contribution in [2.45, 2.75) is 12.5 Å². The summed E-state index contributed by atoms with van der Waals surface area (Å²) in [4.78, 5) is 0. The topological polar surface area (TPSA) is 30.5 Å². The molecular weight excluding hydrogens is 238 g/mol. The Bertz CT molecular complexity index is 599. The van der Waals surface area contributed by atoms with Gasteiger partial charge in [0, 0.05) is 5.69 Å². The summed E-state index contributed by atoms with van der Waals surface area (Å²) in [5.41, 5.74) is 3.87. The molecule has 0 radical (unpaired) electrons. The van der Waals surface area contributed by atoms with E-state index in [4.69, 9.17) is 9.47 Å². The fourth-order valence-electron chi connectivity index (χ4n) is 2.78. The third kappa shape index (κ3) is 1.82. The van der Waals surface area contributed by atoms with Gasteiger partial charge >= 0.3 is 0 Å². The van der Waals surface area contributed by atoms with E-state index in [1.54, 1.807) is 0 Å². The van der Waals surface area contributed by atoms with Gasteiger partial charge in [-0.05, 0) is 35.7 Å². The van der Waals surface area contributed by atoms with E-state index in [-0.39, 0.29) is 0 Å². The lowest BCUT2D eigenvalue weighted by molar-refractivity contribution is 0.171. The molecule has 0 bridgehead atoms. The van der Waals surface area contributed by atoms with Crippen LogP contribution in [0.2, 0.25) is 0 Å². The van der Waals surface area contributed by atoms with Crippen LogP contribution in [0.15, 0.2) is 42.5 Å². The van der Waals surface area contributed by atoms with Crippen LogP contribution in [0, 0.1) is 0 Å². The Balaban J connectivity index is 1.64. The first-order valence-electron chi connectivity index (χ1n) is 6.64. The second kappa shape index (κ2) is 4.19. The van der Waals surface area contributed by atoms with E-state index in [2.05, 4.69) is 41.7 Å². The highest BCUT2D eigenvalue weighted by Crippen LogP contribution is 2.38. The van der Waals surface area contributed by atoms with Crippen LogP contribution < -0.4 is 14.8 Å². The number of para-hydroxylation sites is 1. The van der Waals surface area contributed by atoms with Crippen molar-refractivity contribution in [1.82, 2.24) is 0 Å². The van der Waals surface area contributed by atoms with Crippen molar-refractivity contribution in [3.63, 3.8) is 0 Å². The predicted octanol–water partition coefficient (Wildman–Crippen LogP) is 3.17. The maximum absolute atomic E-state index is 5.65. The van der Waals surface area contributed by atoms with Crippen molar-refractivity contribution in [2.24, 2.45) is 0 Å². The van der Waals surface area contributed by atoms with Gasteiger partial charge in [-0.1, -0.05) is 24.3 Å². The highest BCUT2D eigenvalue weighted by molar-refractivity contribution is 5.59. The van der Waals surface area contributed by atoms with Gasteiger partial charge in [0.25, 0.3) is 0 Å². The Morgan fingerprint density at radius 2 is 1.79 bits per heavy atom. The summed E-state index contributed by atoms with van der Waals surface area (Å²) in [7, 11) is 0. The van der Waals surface area contributed by atoms with Gasteiger partial charge in [0.1, 0.15) is 13.2 Å². The minimum absolute atomic E-state index is 0.327. The Hall–Kier alpha value is -2.16. The first-order valence-corrected chi connectivity index (χ1v) is 6.64. The van der Waals surface area contributed by atoms with Crippen molar-refractivity contribution < 1.29 is 9.47 Å². The number of nitrogens with one attached hydrogen (secondary N) is 1. The summed E-state index contributed by atoms with van der Waals surface area (Å²) in [6, 6.07) is 15.0. The third-order valence-corrected chi connectivity index (χ3v) is 3.74. The van der Waals surface area contributed by atoms with E-state index in [0.717, 1.165) is 17.9 Å². The smallest absolute Gasteiger partial charge is 0.161 e. The number of hydrogen-bond donors (Lipinski definition) is 1. The summed E-state index contributed by atoms with van der Waals surface area (Å²) in [5, 5.41) is 3.56. The van der Waals surface area contributed by atoms with E-state index >= 15 is 0 Å². The van der Waals surface area contributed by atoms with Crippen LogP contribution in [0.4, 0.5) is 5.69 Å². The zero-order chi connectivity index (χ0) is 12.7. The molecule has 2 aliphatic heterocycles. The molecule has 0 amide bonds. The molecule has 1 N–H and O–H groups in total. The van der Waals surface area contributed by atoms with Crippen LogP contribution in [0.1, 0.15) is 17.2 Å². The molecule has 1 unspecified atom stereocenters. The zero-order valence-electron chi connectivity index (χ0n) is 10.6. The molecule has 3 nitrogen and oxygen atoms in total. The first kappa shape index (κ1) is 10.7. The lowest BCUT2D eigenvalue weighted by Gasteiger charge is -2.20. The van der Waals surface area contributed by atoms with Crippen LogP contribution in [0.5, 0.6) is 11.5 Å². The number of rotatable bonds is 1. The SMILES string of the molecule is c1ccc2c(c1)CC(c1ccc3c(c1)OCCO3)N2. The molecule has 2 heterocycles. The fourth-order valence-corrected chi connectivity index (χ4v) is 2.78. The van der Waals surface area contributed by atoms with Crippen LogP contribution in [0.3, 0.4) is 0 Å². The average molecular weight is 253 g/mol. The number of anilines is 1. The molecule has 19 heavy (non-hydrogen) atoms. The molecule has 0 aromatic heterocycles. The van der Waals surface area contributed by atoms with Crippen LogP contribution in [-0.2, 0) is 6.42 Å². The Kier molecular flexibility index (Phi) is 2.37. The Morgan fingerprint density at radius 3 is 2.68 bits per heavy atom. The second-order valence-electron chi connectivity index (χ2n) is 4.96. The van der Waals surface area contributed by atoms with Crippen molar-refractivity contribution in [3.8, 4) is 11.5 Å². The second-order valence-corrected chi connectivity index (χ2v) is 4.96. The van der Waals surface area contributed by atoms with E-state index in [1.165, 1.54) is 16.8 Å². The molecule has 0 saturated heterocycles. The van der Waals surface area contributed by atoms with Gasteiger partial charge in [0.2, 0.25) is 0 Å². The molecule has 0 saturated carbocycles. The normalized spacial score (nSPS) is 19.7. The molecule has 1 atom stereocenters. The molecule has 0 aliphatic carbocycles. The van der Waals surface area contributed by atoms with Gasteiger partial charge in [-0.25, -0.2) is 0 Å². The quantitative estimate of drug-likeness (QED) is 0.846. The minimum Gasteiger partial charge on any atom is -0.486 e. The monoisotopic (exact) mass is 253 g/mol. The summed E-state index contributed by atoms with van der Waals surface area (Å²) >= 11 is 0. The molecule has 0 fully saturated rings. The minimum atomic E-state index is 0.327. The van der Waals surface area contributed by atoms with E-state index < -0.39 is 0 Å². The van der Waals surface area contributed by atoms with Crippen molar-refractivity contribution >= 4 is 5.69 Å². The molecular formula is C16H15NO2. The first-order chi connectivity index (χ1) is 9.40. The number of hydrogen-bond acceptors (Lipinski definition) is 3. The van der Waals surface area contributed by atoms with E-state index in [9.17, 15) is 0 Å². The van der Waals surface area contributed by atoms with Gasteiger partial charge in [-0.3, -0.25) is 0 Å². The lowest BCUT2D eigenvalue weighted by atomic mass is 10.0. The molecule has 3 heteroatoms. The lowest BCUT2D eigenvalue weighted by Crippen LogP contribution is -2.16. The fraction of sp³-hybridized carbons (Fsp3) is 0.250. The van der Waals surface area contributed by atoms with Crippen molar-refractivity contribution in [3.05, 3.63) is 53.6 Å². The van der Waals surface area contributed by atoms with E-state index in [1.807, 2.05) is 6.07 Å². The maximum atomic E-state index is 5.65. The molecule has 96 valence electrons. The van der Waals surface area contributed by atoms with Crippen molar-refractivity contribution in [1.29, 1.82) is 0 Å². The molecule has 0 spiro atoms. The molecule has 2 aliphatic rings. The summed E-state index contributed by atoms with van der Waals surface area (Å²) in [6.07, 6.45) is 1.02. The summed E-state index contributed by atoms with van der Waals surface area (Å²) < 4.78 is 11.2. The maximum Gasteiger partial charge on any atom is 0.161 e. The van der Waals surface area contributed by atoms with E-state index in [0.29, 0.717) is 19.3 Å². The molecule has 2 aromatic rings. The largest absolute Gasteiger partial charge is 0.486 e. The van der Waals surface area contributed by atoms with Gasteiger partial charge in [0.15, 0.2) is 11.5 Å². The van der Waals surface area contributed by atoms with Gasteiger partial charge in [0.05, 0.1) is 6.04 Å². The predicted molar refractivity (Wildman–Crippen MR) is 73.9 cm³/mol. The Labute approximate surface area is 112 Å². The van der Waals surface area contributed by atoms with Crippen LogP contribution in [-0.4, -0.2) is 13.2 Å². The average Bonchev–Trinajstić information content (AvgIpc) is 2.90. The van der Waals surface area contributed by atoms with Crippen LogP contribution >= 0.6 is 0 Å². The van der Waals surface area contributed by atoms with Gasteiger partial charge < -0.3 is 14.8 Å². The highest BCUT2D eigenvalue weighted by atomic mass is 16.6. The number of fused-ring (bicyclic) bond motifs is 2. The standard InChI is InChI=1S/C16H15NO2/c1-2-4-13-11(3-1)9-14(17-13)12-5-6-15-16(10-12)19-8-7-18-15/h1-6,10,14,17H,7-9H2. The van der Waals surface area contributed by atoms with Gasteiger partial charge in [-0.15, -0.1) is 0 Å². The molecule has 4 rings (SSSR count). The summed E-state index contributed by atoms with van der Waals surface area (Å²) in [6.45, 7) is 1.27. The Morgan fingerprint density at radius 1 is 0.947 bits per heavy atom. The number of ether oxygens (including phenoxy) is 2. The molecule has 2 aromatic carbocycles. The summed E-state index contributed by atoms with van der Waals surface area (Å²) in [5.74, 6) is 1.71. The highest BCUT2D eigenvalue weighted by Gasteiger charge is 2.23. The van der Waals surface area contributed by atoms with Gasteiger partial charge in [-0.2, -0.15) is 0 Å². The van der Waals surface area contributed by atoms with Crippen LogP contribution in [0.25, 0.3) is 0 Å². The zero-order valence-corrected chi connectivity index (χ0v) is 10.6. The van der Waals surface area contributed by atoms with Crippen molar-refractivity contribution in [2.75, 3.05) is 18.5 Å².